The van der Waals surface area contributed by atoms with E-state index < -0.39 is 0 Å². The Kier molecular flexibility index (Phi) is 6.50. The van der Waals surface area contributed by atoms with Crippen molar-refractivity contribution in [3.63, 3.8) is 0 Å². The third kappa shape index (κ3) is 3.89. The Morgan fingerprint density at radius 1 is 1.44 bits per heavy atom. The van der Waals surface area contributed by atoms with E-state index in [1.165, 1.54) is 5.56 Å². The molecule has 1 aromatic heterocycles. The van der Waals surface area contributed by atoms with E-state index in [1.807, 2.05) is 31.9 Å². The third-order valence-electron chi connectivity index (χ3n) is 3.12. The summed E-state index contributed by atoms with van der Waals surface area (Å²) in [5, 5.41) is 3.36. The molecule has 18 heavy (non-hydrogen) atoms. The van der Waals surface area contributed by atoms with Crippen molar-refractivity contribution in [3.8, 4) is 5.75 Å². The van der Waals surface area contributed by atoms with E-state index in [0.29, 0.717) is 6.04 Å². The minimum Gasteiger partial charge on any atom is -0.496 e. The molecule has 0 saturated carbocycles. The van der Waals surface area contributed by atoms with Crippen LogP contribution >= 0.6 is 11.8 Å². The summed E-state index contributed by atoms with van der Waals surface area (Å²) in [7, 11) is 3.74. The van der Waals surface area contributed by atoms with Crippen molar-refractivity contribution in [2.45, 2.75) is 33.2 Å². The fourth-order valence-electron chi connectivity index (χ4n) is 2.01. The van der Waals surface area contributed by atoms with Crippen LogP contribution in [0, 0.1) is 13.8 Å². The van der Waals surface area contributed by atoms with Crippen LogP contribution in [0.5, 0.6) is 5.75 Å². The highest BCUT2D eigenvalue weighted by Crippen LogP contribution is 2.24. The van der Waals surface area contributed by atoms with Gasteiger partial charge in [0.1, 0.15) is 5.75 Å². The maximum atomic E-state index is 5.45. The number of methoxy groups -OCH3 is 1. The van der Waals surface area contributed by atoms with Gasteiger partial charge in [0.15, 0.2) is 0 Å². The minimum atomic E-state index is 0.466. The Bertz CT molecular complexity index is 382. The van der Waals surface area contributed by atoms with Crippen molar-refractivity contribution < 1.29 is 4.74 Å². The van der Waals surface area contributed by atoms with Crippen LogP contribution in [0.15, 0.2) is 6.20 Å². The summed E-state index contributed by atoms with van der Waals surface area (Å²) >= 11 is 1.96. The van der Waals surface area contributed by atoms with E-state index >= 15 is 0 Å². The number of aromatic nitrogens is 1. The molecular formula is C14H24N2OS. The molecule has 102 valence electrons. The lowest BCUT2D eigenvalue weighted by Gasteiger charge is -2.18. The quantitative estimate of drug-likeness (QED) is 0.824. The van der Waals surface area contributed by atoms with Gasteiger partial charge in [0.05, 0.1) is 7.11 Å². The molecule has 0 aromatic carbocycles. The molecule has 0 saturated heterocycles. The van der Waals surface area contributed by atoms with E-state index in [4.69, 9.17) is 4.74 Å². The Morgan fingerprint density at radius 3 is 2.72 bits per heavy atom. The van der Waals surface area contributed by atoms with Crippen LogP contribution in [0.25, 0.3) is 0 Å². The first-order valence-electron chi connectivity index (χ1n) is 6.38. The van der Waals surface area contributed by atoms with Crippen LogP contribution in [0.1, 0.15) is 23.7 Å². The van der Waals surface area contributed by atoms with Gasteiger partial charge in [-0.15, -0.1) is 0 Å². The molecular weight excluding hydrogens is 244 g/mol. The lowest BCUT2D eigenvalue weighted by atomic mass is 10.1. The smallest absolute Gasteiger partial charge is 0.128 e. The molecule has 4 heteroatoms. The number of rotatable bonds is 7. The van der Waals surface area contributed by atoms with E-state index in [-0.39, 0.29) is 0 Å². The minimum absolute atomic E-state index is 0.466. The van der Waals surface area contributed by atoms with Gasteiger partial charge in [-0.3, -0.25) is 4.98 Å². The number of thioether (sulfide) groups is 1. The number of hydrogen-bond donors (Lipinski definition) is 1. The Morgan fingerprint density at radius 2 is 2.17 bits per heavy atom. The van der Waals surface area contributed by atoms with Crippen LogP contribution in [-0.2, 0) is 6.42 Å². The highest BCUT2D eigenvalue weighted by molar-refractivity contribution is 7.99. The molecule has 0 aliphatic heterocycles. The predicted octanol–water partition coefficient (Wildman–Crippen LogP) is 2.59. The van der Waals surface area contributed by atoms with Crippen molar-refractivity contribution in [1.82, 2.24) is 10.3 Å². The third-order valence-corrected chi connectivity index (χ3v) is 4.17. The van der Waals surface area contributed by atoms with Crippen LogP contribution in [0.4, 0.5) is 0 Å². The summed E-state index contributed by atoms with van der Waals surface area (Å²) in [6.07, 6.45) is 2.85. The van der Waals surface area contributed by atoms with Gasteiger partial charge in [0.2, 0.25) is 0 Å². The highest BCUT2D eigenvalue weighted by Gasteiger charge is 2.14. The number of nitrogens with one attached hydrogen (secondary N) is 1. The second kappa shape index (κ2) is 7.64. The lowest BCUT2D eigenvalue weighted by Crippen LogP contribution is -2.30. The van der Waals surface area contributed by atoms with Gasteiger partial charge in [-0.2, -0.15) is 11.8 Å². The van der Waals surface area contributed by atoms with Gasteiger partial charge >= 0.3 is 0 Å². The molecule has 0 spiro atoms. The highest BCUT2D eigenvalue weighted by atomic mass is 32.2. The summed E-state index contributed by atoms with van der Waals surface area (Å²) in [6.45, 7) is 6.31. The standard InChI is InChI=1S/C14H24N2OS/c1-6-18-9-12(15-4)7-13-11(3)14(17-5)10(2)8-16-13/h8,12,15H,6-7,9H2,1-5H3. The summed E-state index contributed by atoms with van der Waals surface area (Å²) in [4.78, 5) is 4.55. The molecule has 1 aromatic rings. The average Bonchev–Trinajstić information content (AvgIpc) is 2.37. The molecule has 0 aliphatic carbocycles. The zero-order chi connectivity index (χ0) is 13.5. The van der Waals surface area contributed by atoms with Crippen molar-refractivity contribution in [1.29, 1.82) is 0 Å². The van der Waals surface area contributed by atoms with Crippen molar-refractivity contribution in [2.75, 3.05) is 25.7 Å². The molecule has 0 radical (unpaired) electrons. The van der Waals surface area contributed by atoms with Crippen LogP contribution in [0.2, 0.25) is 0 Å². The van der Waals surface area contributed by atoms with E-state index in [1.54, 1.807) is 7.11 Å². The monoisotopic (exact) mass is 268 g/mol. The lowest BCUT2D eigenvalue weighted by molar-refractivity contribution is 0.406. The molecule has 1 atom stereocenters. The molecule has 0 aliphatic rings. The van der Waals surface area contributed by atoms with Crippen molar-refractivity contribution >= 4 is 11.8 Å². The van der Waals surface area contributed by atoms with Gasteiger partial charge in [-0.25, -0.2) is 0 Å². The van der Waals surface area contributed by atoms with Crippen molar-refractivity contribution in [2.24, 2.45) is 0 Å². The van der Waals surface area contributed by atoms with Crippen LogP contribution in [0.3, 0.4) is 0 Å². The maximum absolute atomic E-state index is 5.45. The Hall–Kier alpha value is -0.740. The van der Waals surface area contributed by atoms with Crippen LogP contribution < -0.4 is 10.1 Å². The number of nitrogens with zero attached hydrogens (tertiary/aromatic N) is 1. The van der Waals surface area contributed by atoms with Crippen LogP contribution in [-0.4, -0.2) is 36.7 Å². The average molecular weight is 268 g/mol. The number of hydrogen-bond acceptors (Lipinski definition) is 4. The predicted molar refractivity (Wildman–Crippen MR) is 79.8 cm³/mol. The van der Waals surface area contributed by atoms with E-state index in [9.17, 15) is 0 Å². The second-order valence-corrected chi connectivity index (χ2v) is 5.71. The zero-order valence-electron chi connectivity index (χ0n) is 12.0. The maximum Gasteiger partial charge on any atom is 0.128 e. The molecule has 0 amide bonds. The van der Waals surface area contributed by atoms with Gasteiger partial charge in [-0.05, 0) is 26.6 Å². The first kappa shape index (κ1) is 15.3. The number of pyridine rings is 1. The first-order chi connectivity index (χ1) is 8.63. The largest absolute Gasteiger partial charge is 0.496 e. The molecule has 1 N–H and O–H groups in total. The van der Waals surface area contributed by atoms with Gasteiger partial charge in [0.25, 0.3) is 0 Å². The normalized spacial score (nSPS) is 12.5. The molecule has 1 unspecified atom stereocenters. The second-order valence-electron chi connectivity index (χ2n) is 4.40. The molecule has 0 fully saturated rings. The summed E-state index contributed by atoms with van der Waals surface area (Å²) in [5.74, 6) is 3.24. The molecule has 0 bridgehead atoms. The van der Waals surface area contributed by atoms with Crippen molar-refractivity contribution in [3.05, 3.63) is 23.0 Å². The Balaban J connectivity index is 2.83. The zero-order valence-corrected chi connectivity index (χ0v) is 12.9. The Labute approximate surface area is 115 Å². The van der Waals surface area contributed by atoms with Gasteiger partial charge in [0, 0.05) is 41.2 Å². The van der Waals surface area contributed by atoms with Gasteiger partial charge < -0.3 is 10.1 Å². The molecule has 1 heterocycles. The summed E-state index contributed by atoms with van der Waals surface area (Å²) in [6, 6.07) is 0.466. The van der Waals surface area contributed by atoms with E-state index in [0.717, 1.165) is 34.9 Å². The fraction of sp³-hybridized carbons (Fsp3) is 0.643. The summed E-state index contributed by atoms with van der Waals surface area (Å²) < 4.78 is 5.45. The van der Waals surface area contributed by atoms with Gasteiger partial charge in [-0.1, -0.05) is 6.92 Å². The topological polar surface area (TPSA) is 34.1 Å². The number of aryl methyl sites for hydroxylation is 1. The number of ether oxygens (including phenoxy) is 1. The molecule has 3 nitrogen and oxygen atoms in total. The first-order valence-corrected chi connectivity index (χ1v) is 7.53. The fourth-order valence-corrected chi connectivity index (χ4v) is 2.82. The van der Waals surface area contributed by atoms with E-state index in [2.05, 4.69) is 24.1 Å². The SMILES string of the molecule is CCSCC(Cc1ncc(C)c(OC)c1C)NC. The number of likely N-dealkylation sites (N-methyl/N-ethyl adjacent to an activating group) is 1. The molecule has 1 rings (SSSR count). The summed E-state index contributed by atoms with van der Waals surface area (Å²) in [5.41, 5.74) is 3.40.